The molecule has 10 heavy (non-hydrogen) atoms. The van der Waals surface area contributed by atoms with Gasteiger partial charge >= 0.3 is 0 Å². The van der Waals surface area contributed by atoms with Crippen molar-refractivity contribution in [3.8, 4) is 0 Å². The van der Waals surface area contributed by atoms with E-state index in [1.54, 1.807) is 0 Å². The molecule has 1 heterocycles. The van der Waals surface area contributed by atoms with Crippen molar-refractivity contribution < 1.29 is 0 Å². The van der Waals surface area contributed by atoms with Crippen molar-refractivity contribution in [2.75, 3.05) is 0 Å². The molecule has 0 amide bonds. The first-order chi connectivity index (χ1) is 4.70. The van der Waals surface area contributed by atoms with Gasteiger partial charge in [-0.1, -0.05) is 12.8 Å². The Bertz CT molecular complexity index is 140. The maximum absolute atomic E-state index is 3.62. The molecule has 2 unspecified atom stereocenters. The Balaban J connectivity index is 2.01. The second kappa shape index (κ2) is 1.97. The van der Waals surface area contributed by atoms with E-state index in [1.165, 1.54) is 25.7 Å². The summed E-state index contributed by atoms with van der Waals surface area (Å²) in [4.78, 5) is 0. The van der Waals surface area contributed by atoms with Crippen LogP contribution in [0.3, 0.4) is 0 Å². The number of fused-ring (bicyclic) bond motifs is 1. The SMILES string of the molecule is CC1(C)NC2CCCCC21. The zero-order valence-corrected chi connectivity index (χ0v) is 6.98. The van der Waals surface area contributed by atoms with Crippen LogP contribution in [0.2, 0.25) is 0 Å². The molecule has 0 radical (unpaired) electrons. The highest BCUT2D eigenvalue weighted by Crippen LogP contribution is 2.40. The Labute approximate surface area is 63.2 Å². The van der Waals surface area contributed by atoms with Gasteiger partial charge in [-0.15, -0.1) is 0 Å². The number of nitrogens with one attached hydrogen (secondary N) is 1. The maximum Gasteiger partial charge on any atom is 0.0170 e. The molecule has 1 aliphatic carbocycles. The van der Waals surface area contributed by atoms with Crippen molar-refractivity contribution in [1.29, 1.82) is 0 Å². The van der Waals surface area contributed by atoms with Gasteiger partial charge in [0.2, 0.25) is 0 Å². The molecule has 0 aromatic heterocycles. The van der Waals surface area contributed by atoms with Gasteiger partial charge in [0, 0.05) is 11.6 Å². The van der Waals surface area contributed by atoms with Gasteiger partial charge in [0.1, 0.15) is 0 Å². The van der Waals surface area contributed by atoms with E-state index in [4.69, 9.17) is 0 Å². The van der Waals surface area contributed by atoms with Crippen LogP contribution < -0.4 is 5.32 Å². The van der Waals surface area contributed by atoms with E-state index in [2.05, 4.69) is 19.2 Å². The first kappa shape index (κ1) is 6.66. The molecule has 0 aromatic rings. The van der Waals surface area contributed by atoms with Gasteiger partial charge in [-0.2, -0.15) is 0 Å². The normalized spacial score (nSPS) is 43.8. The van der Waals surface area contributed by atoms with Gasteiger partial charge < -0.3 is 5.32 Å². The van der Waals surface area contributed by atoms with Gasteiger partial charge in [-0.3, -0.25) is 0 Å². The largest absolute Gasteiger partial charge is 0.308 e. The van der Waals surface area contributed by atoms with Crippen LogP contribution in [0, 0.1) is 5.92 Å². The van der Waals surface area contributed by atoms with Gasteiger partial charge in [0.15, 0.2) is 0 Å². The molecule has 0 spiro atoms. The van der Waals surface area contributed by atoms with Crippen LogP contribution in [0.5, 0.6) is 0 Å². The summed E-state index contributed by atoms with van der Waals surface area (Å²) >= 11 is 0. The first-order valence-corrected chi connectivity index (χ1v) is 4.48. The third-order valence-electron chi connectivity index (χ3n) is 3.25. The molecular weight excluding hydrogens is 122 g/mol. The Hall–Kier alpha value is -0.0400. The minimum atomic E-state index is 0.463. The molecule has 1 aliphatic heterocycles. The first-order valence-electron chi connectivity index (χ1n) is 4.48. The lowest BCUT2D eigenvalue weighted by Gasteiger charge is -2.55. The second-order valence-corrected chi connectivity index (χ2v) is 4.36. The van der Waals surface area contributed by atoms with Crippen LogP contribution in [-0.2, 0) is 0 Å². The number of hydrogen-bond acceptors (Lipinski definition) is 1. The van der Waals surface area contributed by atoms with E-state index in [-0.39, 0.29) is 0 Å². The van der Waals surface area contributed by atoms with E-state index >= 15 is 0 Å². The standard InChI is InChI=1S/C9H17N/c1-9(2)7-5-3-4-6-8(7)10-9/h7-8,10H,3-6H2,1-2H3. The van der Waals surface area contributed by atoms with Gasteiger partial charge in [0.05, 0.1) is 0 Å². The summed E-state index contributed by atoms with van der Waals surface area (Å²) in [6.07, 6.45) is 5.80. The Morgan fingerprint density at radius 1 is 1.20 bits per heavy atom. The molecule has 1 N–H and O–H groups in total. The van der Waals surface area contributed by atoms with Gasteiger partial charge in [0.25, 0.3) is 0 Å². The zero-order valence-electron chi connectivity index (χ0n) is 6.98. The Kier molecular flexibility index (Phi) is 1.31. The van der Waals surface area contributed by atoms with Crippen LogP contribution in [0.25, 0.3) is 0 Å². The summed E-state index contributed by atoms with van der Waals surface area (Å²) in [5.41, 5.74) is 0.463. The minimum absolute atomic E-state index is 0.463. The van der Waals surface area contributed by atoms with E-state index in [0.717, 1.165) is 12.0 Å². The molecule has 2 aliphatic rings. The summed E-state index contributed by atoms with van der Waals surface area (Å²) in [6.45, 7) is 4.67. The van der Waals surface area contributed by atoms with E-state index in [1.807, 2.05) is 0 Å². The molecule has 58 valence electrons. The van der Waals surface area contributed by atoms with Crippen LogP contribution in [-0.4, -0.2) is 11.6 Å². The summed E-state index contributed by atoms with van der Waals surface area (Å²) in [5, 5.41) is 3.62. The molecule has 1 saturated carbocycles. The van der Waals surface area contributed by atoms with Gasteiger partial charge in [-0.05, 0) is 32.6 Å². The highest BCUT2D eigenvalue weighted by molar-refractivity contribution is 5.05. The Morgan fingerprint density at radius 2 is 1.90 bits per heavy atom. The summed E-state index contributed by atoms with van der Waals surface area (Å²) in [6, 6.07) is 0.878. The average molecular weight is 139 g/mol. The lowest BCUT2D eigenvalue weighted by atomic mass is 9.66. The molecule has 0 bridgehead atoms. The zero-order chi connectivity index (χ0) is 7.19. The quantitative estimate of drug-likeness (QED) is 0.540. The van der Waals surface area contributed by atoms with Crippen molar-refractivity contribution >= 4 is 0 Å². The predicted octanol–water partition coefficient (Wildman–Crippen LogP) is 1.93. The highest BCUT2D eigenvalue weighted by Gasteiger charge is 2.46. The van der Waals surface area contributed by atoms with E-state index < -0.39 is 0 Å². The van der Waals surface area contributed by atoms with Crippen LogP contribution in [0.15, 0.2) is 0 Å². The van der Waals surface area contributed by atoms with E-state index in [9.17, 15) is 0 Å². The molecular formula is C9H17N. The fraction of sp³-hybridized carbons (Fsp3) is 1.00. The topological polar surface area (TPSA) is 12.0 Å². The number of rotatable bonds is 0. The molecule has 2 atom stereocenters. The highest BCUT2D eigenvalue weighted by atomic mass is 15.1. The fourth-order valence-electron chi connectivity index (χ4n) is 2.66. The van der Waals surface area contributed by atoms with Crippen molar-refractivity contribution in [2.24, 2.45) is 5.92 Å². The fourth-order valence-corrected chi connectivity index (χ4v) is 2.66. The third-order valence-corrected chi connectivity index (χ3v) is 3.25. The molecule has 2 rings (SSSR count). The minimum Gasteiger partial charge on any atom is -0.308 e. The van der Waals surface area contributed by atoms with Crippen LogP contribution >= 0.6 is 0 Å². The number of hydrogen-bond donors (Lipinski definition) is 1. The van der Waals surface area contributed by atoms with E-state index in [0.29, 0.717) is 5.54 Å². The van der Waals surface area contributed by atoms with Crippen molar-refractivity contribution in [2.45, 2.75) is 51.1 Å². The third kappa shape index (κ3) is 0.800. The van der Waals surface area contributed by atoms with Crippen LogP contribution in [0.1, 0.15) is 39.5 Å². The van der Waals surface area contributed by atoms with Crippen molar-refractivity contribution in [3.63, 3.8) is 0 Å². The smallest absolute Gasteiger partial charge is 0.0170 e. The second-order valence-electron chi connectivity index (χ2n) is 4.36. The maximum atomic E-state index is 3.62. The summed E-state index contributed by atoms with van der Waals surface area (Å²) < 4.78 is 0. The molecule has 0 aromatic carbocycles. The Morgan fingerprint density at radius 3 is 2.40 bits per heavy atom. The van der Waals surface area contributed by atoms with Crippen molar-refractivity contribution in [1.82, 2.24) is 5.32 Å². The lowest BCUT2D eigenvalue weighted by molar-refractivity contribution is 0.0293. The summed E-state index contributed by atoms with van der Waals surface area (Å²) in [5.74, 6) is 0.987. The predicted molar refractivity (Wildman–Crippen MR) is 43.0 cm³/mol. The monoisotopic (exact) mass is 139 g/mol. The molecule has 1 heteroatoms. The molecule has 2 fully saturated rings. The molecule has 1 nitrogen and oxygen atoms in total. The van der Waals surface area contributed by atoms with Crippen LogP contribution in [0.4, 0.5) is 0 Å². The van der Waals surface area contributed by atoms with Gasteiger partial charge in [-0.25, -0.2) is 0 Å². The summed E-state index contributed by atoms with van der Waals surface area (Å²) in [7, 11) is 0. The van der Waals surface area contributed by atoms with Crippen molar-refractivity contribution in [3.05, 3.63) is 0 Å². The average Bonchev–Trinajstić information content (AvgIpc) is 1.86. The molecule has 1 saturated heterocycles. The lowest BCUT2D eigenvalue weighted by Crippen LogP contribution is -2.69.